The van der Waals surface area contributed by atoms with Gasteiger partial charge in [-0.15, -0.1) is 11.3 Å². The molecule has 0 spiro atoms. The maximum Gasteiger partial charge on any atom is 0.270 e. The van der Waals surface area contributed by atoms with Crippen molar-refractivity contribution >= 4 is 44.0 Å². The van der Waals surface area contributed by atoms with E-state index in [1.54, 1.807) is 61.7 Å². The Morgan fingerprint density at radius 2 is 1.77 bits per heavy atom. The Morgan fingerprint density at radius 3 is 2.43 bits per heavy atom. The van der Waals surface area contributed by atoms with E-state index < -0.39 is 15.9 Å². The molecule has 1 aromatic heterocycles. The second kappa shape index (κ2) is 9.19. The maximum absolute atomic E-state index is 13.2. The van der Waals surface area contributed by atoms with E-state index in [1.165, 1.54) is 23.5 Å². The van der Waals surface area contributed by atoms with E-state index in [0.717, 1.165) is 4.31 Å². The average molecular weight is 444 g/mol. The van der Waals surface area contributed by atoms with Crippen molar-refractivity contribution in [1.29, 1.82) is 0 Å². The summed E-state index contributed by atoms with van der Waals surface area (Å²) in [6.45, 7) is 3.36. The van der Waals surface area contributed by atoms with Crippen molar-refractivity contribution in [3.8, 4) is 11.3 Å². The summed E-state index contributed by atoms with van der Waals surface area (Å²) < 4.78 is 27.2. The van der Waals surface area contributed by atoms with Crippen molar-refractivity contribution in [3.05, 3.63) is 60.0 Å². The number of amides is 2. The molecule has 0 fully saturated rings. The van der Waals surface area contributed by atoms with Gasteiger partial charge in [0.1, 0.15) is 0 Å². The SMILES string of the molecule is CCC(=O)Nc1nc(-c2cccc(N(C(=O)CC)S(=O)(=O)c3ccccc3)c2)cs1. The van der Waals surface area contributed by atoms with Crippen molar-refractivity contribution in [2.75, 3.05) is 9.62 Å². The lowest BCUT2D eigenvalue weighted by atomic mass is 10.1. The number of hydrogen-bond acceptors (Lipinski definition) is 6. The van der Waals surface area contributed by atoms with Gasteiger partial charge >= 0.3 is 0 Å². The first-order valence-electron chi connectivity index (χ1n) is 9.35. The van der Waals surface area contributed by atoms with Crippen LogP contribution >= 0.6 is 11.3 Å². The summed E-state index contributed by atoms with van der Waals surface area (Å²) in [5.41, 5.74) is 1.45. The van der Waals surface area contributed by atoms with Gasteiger partial charge in [0.05, 0.1) is 16.3 Å². The first-order chi connectivity index (χ1) is 14.4. The first-order valence-corrected chi connectivity index (χ1v) is 11.7. The van der Waals surface area contributed by atoms with Crippen LogP contribution in [0, 0.1) is 0 Å². The molecule has 9 heteroatoms. The average Bonchev–Trinajstić information content (AvgIpc) is 3.22. The third-order valence-electron chi connectivity index (χ3n) is 4.26. The van der Waals surface area contributed by atoms with Gasteiger partial charge < -0.3 is 5.32 Å². The number of thiazole rings is 1. The number of benzene rings is 2. The Morgan fingerprint density at radius 1 is 1.03 bits per heavy atom. The van der Waals surface area contributed by atoms with Gasteiger partial charge in [0.15, 0.2) is 5.13 Å². The van der Waals surface area contributed by atoms with Gasteiger partial charge in [0, 0.05) is 23.8 Å². The fourth-order valence-electron chi connectivity index (χ4n) is 2.72. The quantitative estimate of drug-likeness (QED) is 0.588. The van der Waals surface area contributed by atoms with Gasteiger partial charge in [-0.2, -0.15) is 0 Å². The van der Waals surface area contributed by atoms with Crippen molar-refractivity contribution in [2.45, 2.75) is 31.6 Å². The first kappa shape index (κ1) is 21.7. The topological polar surface area (TPSA) is 96.4 Å². The lowest BCUT2D eigenvalue weighted by Crippen LogP contribution is -2.36. The Balaban J connectivity index is 2.01. The molecule has 0 unspecified atom stereocenters. The maximum atomic E-state index is 13.2. The highest BCUT2D eigenvalue weighted by Gasteiger charge is 2.30. The number of hydrogen-bond donors (Lipinski definition) is 1. The molecule has 3 aromatic rings. The normalized spacial score (nSPS) is 11.1. The zero-order valence-electron chi connectivity index (χ0n) is 16.5. The standard InChI is InChI=1S/C21H21N3O4S2/c1-3-19(25)23-21-22-18(14-29-21)15-9-8-10-16(13-15)24(20(26)4-2)30(27,28)17-11-6-5-7-12-17/h5-14H,3-4H2,1-2H3,(H,22,23,25). The molecular formula is C21H21N3O4S2. The molecule has 1 N–H and O–H groups in total. The molecule has 0 atom stereocenters. The molecule has 156 valence electrons. The molecule has 0 aliphatic heterocycles. The lowest BCUT2D eigenvalue weighted by Gasteiger charge is -2.22. The molecule has 3 rings (SSSR count). The van der Waals surface area contributed by atoms with Crippen LogP contribution in [0.3, 0.4) is 0 Å². The summed E-state index contributed by atoms with van der Waals surface area (Å²) in [6.07, 6.45) is 0.371. The van der Waals surface area contributed by atoms with Gasteiger partial charge in [-0.05, 0) is 24.3 Å². The number of carbonyl (C=O) groups is 2. The zero-order chi connectivity index (χ0) is 21.7. The molecule has 1 heterocycles. The Labute approximate surface area is 179 Å². The van der Waals surface area contributed by atoms with Crippen molar-refractivity contribution < 1.29 is 18.0 Å². The Kier molecular flexibility index (Phi) is 6.63. The van der Waals surface area contributed by atoms with Crippen LogP contribution < -0.4 is 9.62 Å². The number of sulfonamides is 1. The minimum Gasteiger partial charge on any atom is -0.302 e. The predicted octanol–water partition coefficient (Wildman–Crippen LogP) is 4.29. The number of nitrogens with zero attached hydrogens (tertiary/aromatic N) is 2. The van der Waals surface area contributed by atoms with Gasteiger partial charge in [-0.3, -0.25) is 9.59 Å². The minimum absolute atomic E-state index is 0.0280. The molecule has 30 heavy (non-hydrogen) atoms. The molecule has 0 saturated carbocycles. The molecule has 0 radical (unpaired) electrons. The van der Waals surface area contributed by atoms with E-state index in [0.29, 0.717) is 22.8 Å². The summed E-state index contributed by atoms with van der Waals surface area (Å²) in [5, 5.41) is 4.93. The molecule has 0 aliphatic carbocycles. The van der Waals surface area contributed by atoms with Gasteiger partial charge in [0.2, 0.25) is 11.8 Å². The van der Waals surface area contributed by atoms with E-state index >= 15 is 0 Å². The van der Waals surface area contributed by atoms with Crippen molar-refractivity contribution in [2.24, 2.45) is 0 Å². The summed E-state index contributed by atoms with van der Waals surface area (Å²) in [6, 6.07) is 14.5. The van der Waals surface area contributed by atoms with Crippen LogP contribution in [-0.2, 0) is 19.6 Å². The van der Waals surface area contributed by atoms with E-state index in [2.05, 4.69) is 10.3 Å². The van der Waals surface area contributed by atoms with E-state index in [1.807, 2.05) is 0 Å². The number of carbonyl (C=O) groups excluding carboxylic acids is 2. The van der Waals surface area contributed by atoms with Gasteiger partial charge in [-0.25, -0.2) is 17.7 Å². The lowest BCUT2D eigenvalue weighted by molar-refractivity contribution is -0.117. The fraction of sp³-hybridized carbons (Fsp3) is 0.190. The van der Waals surface area contributed by atoms with Crippen LogP contribution in [0.5, 0.6) is 0 Å². The second-order valence-corrected chi connectivity index (χ2v) is 8.96. The molecule has 0 saturated heterocycles. The van der Waals surface area contributed by atoms with E-state index in [9.17, 15) is 18.0 Å². The Bertz CT molecular complexity index is 1160. The fourth-order valence-corrected chi connectivity index (χ4v) is 4.96. The minimum atomic E-state index is -4.07. The van der Waals surface area contributed by atoms with Gasteiger partial charge in [0.25, 0.3) is 10.0 Å². The number of rotatable bonds is 7. The van der Waals surface area contributed by atoms with E-state index in [-0.39, 0.29) is 22.9 Å². The van der Waals surface area contributed by atoms with Crippen LogP contribution in [0.2, 0.25) is 0 Å². The summed E-state index contributed by atoms with van der Waals surface area (Å²) >= 11 is 1.27. The summed E-state index contributed by atoms with van der Waals surface area (Å²) in [5.74, 6) is -0.677. The molecule has 0 aliphatic rings. The highest BCUT2D eigenvalue weighted by Crippen LogP contribution is 2.31. The largest absolute Gasteiger partial charge is 0.302 e. The van der Waals surface area contributed by atoms with Crippen LogP contribution in [0.1, 0.15) is 26.7 Å². The van der Waals surface area contributed by atoms with Crippen molar-refractivity contribution in [1.82, 2.24) is 4.98 Å². The highest BCUT2D eigenvalue weighted by molar-refractivity contribution is 7.93. The number of aromatic nitrogens is 1. The third kappa shape index (κ3) is 4.58. The Hall–Kier alpha value is -3.04. The third-order valence-corrected chi connectivity index (χ3v) is 6.78. The van der Waals surface area contributed by atoms with Crippen LogP contribution in [0.15, 0.2) is 64.9 Å². The molecular weight excluding hydrogens is 422 g/mol. The van der Waals surface area contributed by atoms with Crippen molar-refractivity contribution in [3.63, 3.8) is 0 Å². The monoisotopic (exact) mass is 443 g/mol. The molecule has 0 bridgehead atoms. The van der Waals surface area contributed by atoms with Crippen LogP contribution in [-0.4, -0.2) is 25.2 Å². The zero-order valence-corrected chi connectivity index (χ0v) is 18.2. The molecule has 2 aromatic carbocycles. The second-order valence-electron chi connectivity index (χ2n) is 6.32. The summed E-state index contributed by atoms with van der Waals surface area (Å²) in [4.78, 5) is 28.6. The van der Waals surface area contributed by atoms with Crippen LogP contribution in [0.4, 0.5) is 10.8 Å². The number of anilines is 2. The summed E-state index contributed by atoms with van der Waals surface area (Å²) in [7, 11) is -4.07. The number of nitrogens with one attached hydrogen (secondary N) is 1. The highest BCUT2D eigenvalue weighted by atomic mass is 32.2. The van der Waals surface area contributed by atoms with Gasteiger partial charge in [-0.1, -0.05) is 44.2 Å². The molecule has 2 amide bonds. The smallest absolute Gasteiger partial charge is 0.270 e. The predicted molar refractivity (Wildman–Crippen MR) is 118 cm³/mol. The van der Waals surface area contributed by atoms with E-state index in [4.69, 9.17) is 0 Å². The van der Waals surface area contributed by atoms with Crippen LogP contribution in [0.25, 0.3) is 11.3 Å². The molecule has 7 nitrogen and oxygen atoms in total.